The molecule has 2 atom stereocenters. The van der Waals surface area contributed by atoms with Gasteiger partial charge >= 0.3 is 11.9 Å². The predicted molar refractivity (Wildman–Crippen MR) is 294 cm³/mol. The van der Waals surface area contributed by atoms with Gasteiger partial charge in [0.2, 0.25) is 5.60 Å². The van der Waals surface area contributed by atoms with Gasteiger partial charge in [0, 0.05) is 33.9 Å². The van der Waals surface area contributed by atoms with Crippen molar-refractivity contribution in [2.24, 2.45) is 12.2 Å². The van der Waals surface area contributed by atoms with E-state index in [1.54, 1.807) is 37.9 Å². The van der Waals surface area contributed by atoms with Crippen LogP contribution in [0.25, 0.3) is 0 Å². The van der Waals surface area contributed by atoms with Crippen molar-refractivity contribution >= 4 is 69.5 Å². The number of carbonyl (C=O) groups excluding carboxylic acids is 4. The number of nitrogens with one attached hydrogen (secondary N) is 2. The number of rotatable bonds is 18. The summed E-state index contributed by atoms with van der Waals surface area (Å²) < 4.78 is 14.0. The number of hydrogen-bond donors (Lipinski definition) is 2. The van der Waals surface area contributed by atoms with Crippen LogP contribution in [0.4, 0.5) is 5.13 Å². The third-order valence-electron chi connectivity index (χ3n) is 12.4. The number of amides is 2. The molecule has 0 unspecified atom stereocenters. The Balaban J connectivity index is 1.04. The Kier molecular flexibility index (Phi) is 15.7. The molecule has 1 fully saturated rings. The molecule has 4 heterocycles. The van der Waals surface area contributed by atoms with Crippen LogP contribution in [-0.2, 0) is 46.1 Å². The normalized spacial score (nSPS) is 15.9. The van der Waals surface area contributed by atoms with Gasteiger partial charge in [0.15, 0.2) is 29.3 Å². The minimum Gasteiger partial charge on any atom is -0.457 e. The quantitative estimate of drug-likeness (QED) is 0.0161. The number of β-lactam (4-membered cyclic amide) rings is 1. The summed E-state index contributed by atoms with van der Waals surface area (Å²) in [4.78, 5) is 71.1. The van der Waals surface area contributed by atoms with E-state index >= 15 is 0 Å². The van der Waals surface area contributed by atoms with Gasteiger partial charge in [-0.3, -0.25) is 14.5 Å². The maximum Gasteiger partial charge on any atom is 0.356 e. The van der Waals surface area contributed by atoms with E-state index in [4.69, 9.17) is 19.3 Å². The Morgan fingerprint density at radius 1 is 0.773 bits per heavy atom. The molecule has 0 saturated carbocycles. The molecule has 2 aromatic heterocycles. The van der Waals surface area contributed by atoms with Crippen molar-refractivity contribution in [3.63, 3.8) is 0 Å². The van der Waals surface area contributed by atoms with Gasteiger partial charge in [-0.1, -0.05) is 157 Å². The number of aryl methyl sites for hydroxylation is 1. The van der Waals surface area contributed by atoms with Crippen LogP contribution in [0.2, 0.25) is 0 Å². The first-order valence-corrected chi connectivity index (χ1v) is 27.3. The zero-order valence-corrected chi connectivity index (χ0v) is 44.8. The molecule has 0 spiro atoms. The van der Waals surface area contributed by atoms with E-state index in [0.717, 1.165) is 38.3 Å². The first-order chi connectivity index (χ1) is 36.1. The van der Waals surface area contributed by atoms with Gasteiger partial charge in [-0.2, -0.15) is 0 Å². The van der Waals surface area contributed by atoms with Crippen LogP contribution in [0.1, 0.15) is 74.2 Å². The average Bonchev–Trinajstić information content (AvgIpc) is 3.89. The molecule has 13 nitrogen and oxygen atoms in total. The Morgan fingerprint density at radius 2 is 1.29 bits per heavy atom. The number of thiazole rings is 1. The number of thioether (sulfide) groups is 2. The summed E-state index contributed by atoms with van der Waals surface area (Å²) in [7, 11) is 1.94. The largest absolute Gasteiger partial charge is 0.457 e. The predicted octanol–water partition coefficient (Wildman–Crippen LogP) is 9.99. The summed E-state index contributed by atoms with van der Waals surface area (Å²) in [6.45, 7) is 8.22. The second kappa shape index (κ2) is 22.5. The first-order valence-electron chi connectivity index (χ1n) is 24.4. The lowest BCUT2D eigenvalue weighted by atomic mass is 9.77. The summed E-state index contributed by atoms with van der Waals surface area (Å²) in [5.74, 6) is -1.88. The first kappa shape index (κ1) is 52.3. The van der Waals surface area contributed by atoms with E-state index in [0.29, 0.717) is 16.6 Å². The number of aromatic nitrogens is 2. The van der Waals surface area contributed by atoms with Crippen LogP contribution in [0.15, 0.2) is 203 Å². The SMILES string of the molecule is C[n+]1ccc(SCC2=C(C(=O)OC(c3ccccc3)c3ccccc3)N3C(=O)[C@@H](NC(=O)/C(=N\OC(C)(C)C(=O)OC(C)(C)C)c4csc(NC(c5ccccc5)(c5ccccc5)c5ccccc5)n4)[C@H]3SC2)cc1. The van der Waals surface area contributed by atoms with E-state index in [1.807, 2.05) is 188 Å². The van der Waals surface area contributed by atoms with E-state index < -0.39 is 58.0 Å². The Hall–Kier alpha value is -7.53. The third kappa shape index (κ3) is 11.7. The maximum absolute atomic E-state index is 14.9. The Bertz CT molecular complexity index is 3070. The highest BCUT2D eigenvalue weighted by Crippen LogP contribution is 2.44. The van der Waals surface area contributed by atoms with Crippen LogP contribution in [0, 0.1) is 0 Å². The Morgan fingerprint density at radius 3 is 1.81 bits per heavy atom. The van der Waals surface area contributed by atoms with Gasteiger partial charge in [-0.05, 0) is 68.0 Å². The summed E-state index contributed by atoms with van der Waals surface area (Å²) >= 11 is 4.23. The highest BCUT2D eigenvalue weighted by molar-refractivity contribution is 8.01. The molecule has 9 rings (SSSR count). The number of ether oxygens (including phenoxy) is 2. The van der Waals surface area contributed by atoms with Crippen molar-refractivity contribution in [1.29, 1.82) is 0 Å². The van der Waals surface area contributed by atoms with Gasteiger partial charge in [-0.15, -0.1) is 34.9 Å². The van der Waals surface area contributed by atoms with Gasteiger partial charge < -0.3 is 24.9 Å². The summed E-state index contributed by atoms with van der Waals surface area (Å²) in [6.07, 6.45) is 3.13. The van der Waals surface area contributed by atoms with E-state index in [-0.39, 0.29) is 17.1 Å². The third-order valence-corrected chi connectivity index (χ3v) is 15.6. The lowest BCUT2D eigenvalue weighted by Crippen LogP contribution is -2.71. The lowest BCUT2D eigenvalue weighted by Gasteiger charge is -2.49. The highest BCUT2D eigenvalue weighted by atomic mass is 32.2. The number of esters is 2. The fourth-order valence-corrected chi connectivity index (χ4v) is 11.8. The molecule has 1 saturated heterocycles. The van der Waals surface area contributed by atoms with E-state index in [9.17, 15) is 19.2 Å². The molecule has 2 amide bonds. The second-order valence-corrected chi connectivity index (χ2v) is 22.5. The molecule has 0 radical (unpaired) electrons. The van der Waals surface area contributed by atoms with Crippen LogP contribution < -0.4 is 15.2 Å². The number of benzene rings is 5. The standard InChI is InChI=1S/C59H56N6O7S3/c1-57(2,3)71-55(69)58(4,5)72-63-47(46-38-75-56(60-46)62-59(42-26-16-9-17-27-42,43-28-18-10-19-29-43)44-30-20-11-21-31-44)51(66)61-48-52(67)65-49(41(37-74-53(48)65)36-73-45-32-34-64(6)35-33-45)54(68)70-50(39-22-12-7-13-23-39)40-24-14-8-15-25-40/h7-35,38,48,50,53H,36-37H2,1-6H3,(H-,60,61,62,66)/p+1/b63-47-/t48-,53-/m1/s1. The minimum atomic E-state index is -1.65. The van der Waals surface area contributed by atoms with Gasteiger partial charge in [0.05, 0.1) is 0 Å². The number of fused-ring (bicyclic) bond motifs is 1. The number of hydrogen-bond acceptors (Lipinski definition) is 13. The summed E-state index contributed by atoms with van der Waals surface area (Å²) in [5.41, 5.74) is 1.62. The van der Waals surface area contributed by atoms with Crippen molar-refractivity contribution in [2.45, 2.75) is 73.8 Å². The van der Waals surface area contributed by atoms with Crippen LogP contribution in [0.3, 0.4) is 0 Å². The number of nitrogens with zero attached hydrogens (tertiary/aromatic N) is 4. The van der Waals surface area contributed by atoms with Crippen LogP contribution in [-0.4, -0.2) is 73.5 Å². The lowest BCUT2D eigenvalue weighted by molar-refractivity contribution is -0.671. The molecule has 75 heavy (non-hydrogen) atoms. The topological polar surface area (TPSA) is 152 Å². The molecule has 382 valence electrons. The van der Waals surface area contributed by atoms with Crippen molar-refractivity contribution in [2.75, 3.05) is 16.8 Å². The highest BCUT2D eigenvalue weighted by Gasteiger charge is 2.55. The summed E-state index contributed by atoms with van der Waals surface area (Å²) in [6, 6.07) is 51.9. The fraction of sp³-hybridized carbons (Fsp3) is 0.237. The van der Waals surface area contributed by atoms with Crippen molar-refractivity contribution in [1.82, 2.24) is 15.2 Å². The molecule has 16 heteroatoms. The molecule has 5 aromatic carbocycles. The van der Waals surface area contributed by atoms with Crippen molar-refractivity contribution in [3.05, 3.63) is 226 Å². The summed E-state index contributed by atoms with van der Waals surface area (Å²) in [5, 5.41) is 12.4. The average molecular weight is 1060 g/mol. The number of carbonyl (C=O) groups is 4. The minimum absolute atomic E-state index is 0.119. The number of oxime groups is 1. The Labute approximate surface area is 449 Å². The van der Waals surface area contributed by atoms with Crippen LogP contribution in [0.5, 0.6) is 0 Å². The zero-order chi connectivity index (χ0) is 52.7. The zero-order valence-electron chi connectivity index (χ0n) is 42.3. The molecular weight excluding hydrogens is 1000 g/mol. The monoisotopic (exact) mass is 1060 g/mol. The van der Waals surface area contributed by atoms with Crippen LogP contribution >= 0.6 is 34.9 Å². The smallest absolute Gasteiger partial charge is 0.356 e. The number of pyridine rings is 1. The van der Waals surface area contributed by atoms with E-state index in [2.05, 4.69) is 15.8 Å². The van der Waals surface area contributed by atoms with E-state index in [1.165, 1.54) is 41.8 Å². The fourth-order valence-electron chi connectivity index (χ4n) is 8.68. The molecule has 2 aliphatic heterocycles. The molecule has 2 aliphatic rings. The molecule has 7 aromatic rings. The van der Waals surface area contributed by atoms with Gasteiger partial charge in [0.25, 0.3) is 11.8 Å². The number of anilines is 1. The maximum atomic E-state index is 14.9. The van der Waals surface area contributed by atoms with Crippen molar-refractivity contribution < 1.29 is 38.1 Å². The second-order valence-electron chi connectivity index (χ2n) is 19.5. The van der Waals surface area contributed by atoms with Gasteiger partial charge in [0.1, 0.15) is 41.0 Å². The molecule has 0 bridgehead atoms. The molecule has 0 aliphatic carbocycles. The molecular formula is C59H57N6O7S3+. The van der Waals surface area contributed by atoms with Crippen molar-refractivity contribution in [3.8, 4) is 0 Å². The molecule has 2 N–H and O–H groups in total. The van der Waals surface area contributed by atoms with Gasteiger partial charge in [-0.25, -0.2) is 19.1 Å².